The van der Waals surface area contributed by atoms with Crippen molar-refractivity contribution in [3.05, 3.63) is 190 Å². The molecule has 3 aliphatic rings. The molecule has 0 saturated carbocycles. The lowest BCUT2D eigenvalue weighted by atomic mass is 9.65. The van der Waals surface area contributed by atoms with Crippen LogP contribution in [0.1, 0.15) is 47.2 Å². The first-order valence-corrected chi connectivity index (χ1v) is 19.8. The van der Waals surface area contributed by atoms with Gasteiger partial charge in [0.15, 0.2) is 0 Å². The molecule has 52 heavy (non-hydrogen) atoms. The molecule has 4 heterocycles. The molecule has 0 N–H and O–H groups in total. The van der Waals surface area contributed by atoms with Gasteiger partial charge in [-0.25, -0.2) is 0 Å². The molecule has 0 bridgehead atoms. The molecule has 0 saturated heterocycles. The Balaban J connectivity index is 1.23. The highest BCUT2D eigenvalue weighted by Gasteiger charge is 2.53. The summed E-state index contributed by atoms with van der Waals surface area (Å²) in [4.78, 5) is 5.38. The highest BCUT2D eigenvalue weighted by atomic mass is 32.1. The van der Waals surface area contributed by atoms with Crippen LogP contribution in [-0.2, 0) is 10.8 Å². The molecule has 0 radical (unpaired) electrons. The van der Waals surface area contributed by atoms with E-state index in [0.29, 0.717) is 0 Å². The summed E-state index contributed by atoms with van der Waals surface area (Å²) in [5.74, 6) is 0. The Morgan fingerprint density at radius 2 is 1.12 bits per heavy atom. The largest absolute Gasteiger partial charge is 0.310 e. The number of hydrogen-bond acceptors (Lipinski definition) is 3. The summed E-state index contributed by atoms with van der Waals surface area (Å²) in [5, 5.41) is 7.15. The second-order valence-electron chi connectivity index (χ2n) is 14.9. The van der Waals surface area contributed by atoms with E-state index in [9.17, 15) is 0 Å². The van der Waals surface area contributed by atoms with Crippen LogP contribution in [0.2, 0.25) is 0 Å². The first-order chi connectivity index (χ1) is 25.6. The van der Waals surface area contributed by atoms with E-state index in [1.165, 1.54) is 98.8 Å². The second-order valence-corrected chi connectivity index (χ2v) is 16.7. The van der Waals surface area contributed by atoms with Crippen LogP contribution in [0.25, 0.3) is 48.4 Å². The summed E-state index contributed by atoms with van der Waals surface area (Å²) in [6, 6.07) is 55.0. The van der Waals surface area contributed by atoms with E-state index in [1.54, 1.807) is 0 Å². The van der Waals surface area contributed by atoms with E-state index in [2.05, 4.69) is 180 Å². The fourth-order valence-electron chi connectivity index (χ4n) is 10.0. The highest BCUT2D eigenvalue weighted by Crippen LogP contribution is 2.66. The standard InChI is InChI=1S/C48H32N2S2/c1-47(2)35-16-8-6-14-31(35)32-21-20-30(26-39(32)47)50-42-19-11-9-17-36(42)48(37-22-24-51-45(37)46-38(48)23-25-52-46)40-27-34-33-15-7-10-18-41(33)49(43(34)28-44(40)50)29-12-4-3-5-13-29/h3-28H,1-2H3. The van der Waals surface area contributed by atoms with Crippen molar-refractivity contribution in [1.82, 2.24) is 4.57 Å². The third-order valence-corrected chi connectivity index (χ3v) is 14.2. The Bertz CT molecular complexity index is 2910. The maximum absolute atomic E-state index is 2.57. The minimum absolute atomic E-state index is 0.104. The summed E-state index contributed by atoms with van der Waals surface area (Å²) >= 11 is 3.76. The van der Waals surface area contributed by atoms with Crippen molar-refractivity contribution in [2.75, 3.05) is 4.90 Å². The minimum atomic E-state index is -0.427. The van der Waals surface area contributed by atoms with E-state index < -0.39 is 5.41 Å². The van der Waals surface area contributed by atoms with Crippen molar-refractivity contribution in [2.45, 2.75) is 24.7 Å². The van der Waals surface area contributed by atoms with Gasteiger partial charge in [-0.3, -0.25) is 0 Å². The van der Waals surface area contributed by atoms with Gasteiger partial charge in [-0.1, -0.05) is 98.8 Å². The smallest absolute Gasteiger partial charge is 0.0771 e. The number of nitrogens with zero attached hydrogens (tertiary/aromatic N) is 2. The van der Waals surface area contributed by atoms with Crippen LogP contribution in [0.3, 0.4) is 0 Å². The summed E-state index contributed by atoms with van der Waals surface area (Å²) in [6.07, 6.45) is 0. The summed E-state index contributed by atoms with van der Waals surface area (Å²) in [5.41, 5.74) is 17.7. The average molecular weight is 701 g/mol. The van der Waals surface area contributed by atoms with E-state index in [1.807, 2.05) is 22.7 Å². The Morgan fingerprint density at radius 1 is 0.442 bits per heavy atom. The number of benzene rings is 6. The number of aromatic nitrogens is 1. The lowest BCUT2D eigenvalue weighted by molar-refractivity contribution is 0.660. The van der Waals surface area contributed by atoms with Gasteiger partial charge in [-0.2, -0.15) is 0 Å². The zero-order valence-electron chi connectivity index (χ0n) is 28.7. The SMILES string of the molecule is CC1(C)c2ccccc2-c2ccc(N3c4ccccc4C4(c5cc6c7ccccc7n(-c7ccccc7)c6cc53)c3ccsc3-c3sccc34)cc21. The van der Waals surface area contributed by atoms with Crippen LogP contribution < -0.4 is 4.90 Å². The van der Waals surface area contributed by atoms with Crippen molar-refractivity contribution in [3.8, 4) is 26.6 Å². The minimum Gasteiger partial charge on any atom is -0.310 e. The van der Waals surface area contributed by atoms with Gasteiger partial charge in [0.1, 0.15) is 0 Å². The number of rotatable bonds is 2. The number of thiophene rings is 2. The third kappa shape index (κ3) is 3.40. The maximum atomic E-state index is 2.57. The normalized spacial score (nSPS) is 15.4. The lowest BCUT2D eigenvalue weighted by Crippen LogP contribution is -2.36. The fraction of sp³-hybridized carbons (Fsp3) is 0.0833. The average Bonchev–Trinajstić information content (AvgIpc) is 4.00. The third-order valence-electron chi connectivity index (χ3n) is 12.2. The molecule has 9 aromatic rings. The Morgan fingerprint density at radius 3 is 1.92 bits per heavy atom. The molecule has 6 aromatic carbocycles. The molecule has 1 aliphatic heterocycles. The van der Waals surface area contributed by atoms with Crippen LogP contribution in [0.15, 0.2) is 156 Å². The van der Waals surface area contributed by atoms with Gasteiger partial charge in [-0.05, 0) is 116 Å². The van der Waals surface area contributed by atoms with E-state index >= 15 is 0 Å². The molecule has 12 rings (SSSR count). The molecular weight excluding hydrogens is 669 g/mol. The number of anilines is 3. The predicted molar refractivity (Wildman–Crippen MR) is 220 cm³/mol. The van der Waals surface area contributed by atoms with Gasteiger partial charge in [0.2, 0.25) is 0 Å². The molecule has 4 heteroatoms. The zero-order valence-corrected chi connectivity index (χ0v) is 30.4. The van der Waals surface area contributed by atoms with Crippen LogP contribution in [0.5, 0.6) is 0 Å². The van der Waals surface area contributed by atoms with E-state index in [-0.39, 0.29) is 5.41 Å². The zero-order chi connectivity index (χ0) is 34.3. The monoisotopic (exact) mass is 700 g/mol. The van der Waals surface area contributed by atoms with Gasteiger partial charge < -0.3 is 9.47 Å². The van der Waals surface area contributed by atoms with Gasteiger partial charge >= 0.3 is 0 Å². The lowest BCUT2D eigenvalue weighted by Gasteiger charge is -2.44. The summed E-state index contributed by atoms with van der Waals surface area (Å²) < 4.78 is 2.46. The molecule has 1 spiro atoms. The number of para-hydroxylation sites is 3. The van der Waals surface area contributed by atoms with Crippen LogP contribution >= 0.6 is 22.7 Å². The van der Waals surface area contributed by atoms with Crippen molar-refractivity contribution in [2.24, 2.45) is 0 Å². The number of hydrogen-bond donors (Lipinski definition) is 0. The van der Waals surface area contributed by atoms with Crippen molar-refractivity contribution >= 4 is 61.5 Å². The fourth-order valence-corrected chi connectivity index (χ4v) is 12.1. The molecule has 246 valence electrons. The number of fused-ring (bicyclic) bond motifs is 15. The predicted octanol–water partition coefficient (Wildman–Crippen LogP) is 13.4. The highest BCUT2D eigenvalue weighted by molar-refractivity contribution is 7.21. The van der Waals surface area contributed by atoms with Gasteiger partial charge in [0, 0.05) is 37.3 Å². The van der Waals surface area contributed by atoms with Crippen LogP contribution in [0, 0.1) is 0 Å². The van der Waals surface area contributed by atoms with Crippen LogP contribution in [-0.4, -0.2) is 4.57 Å². The molecule has 0 unspecified atom stereocenters. The van der Waals surface area contributed by atoms with Gasteiger partial charge in [0.05, 0.1) is 27.8 Å². The van der Waals surface area contributed by atoms with Gasteiger partial charge in [-0.15, -0.1) is 22.7 Å². The van der Waals surface area contributed by atoms with Crippen molar-refractivity contribution in [3.63, 3.8) is 0 Å². The first kappa shape index (κ1) is 29.0. The van der Waals surface area contributed by atoms with Crippen LogP contribution in [0.4, 0.5) is 17.1 Å². The second kappa shape index (κ2) is 10.0. The molecular formula is C48H32N2S2. The molecule has 0 atom stereocenters. The van der Waals surface area contributed by atoms with E-state index in [0.717, 1.165) is 0 Å². The first-order valence-electron chi connectivity index (χ1n) is 18.0. The molecule has 2 nitrogen and oxygen atoms in total. The molecule has 2 aliphatic carbocycles. The molecule has 3 aromatic heterocycles. The summed E-state index contributed by atoms with van der Waals surface area (Å²) in [6.45, 7) is 4.76. The molecule has 0 amide bonds. The molecule has 0 fully saturated rings. The van der Waals surface area contributed by atoms with Crippen molar-refractivity contribution < 1.29 is 0 Å². The van der Waals surface area contributed by atoms with Crippen molar-refractivity contribution in [1.29, 1.82) is 0 Å². The topological polar surface area (TPSA) is 8.17 Å². The van der Waals surface area contributed by atoms with Gasteiger partial charge in [0.25, 0.3) is 0 Å². The maximum Gasteiger partial charge on any atom is 0.0771 e. The Labute approximate surface area is 310 Å². The Hall–Kier alpha value is -5.68. The Kier molecular flexibility index (Phi) is 5.57. The quantitative estimate of drug-likeness (QED) is 0.174. The van der Waals surface area contributed by atoms with E-state index in [4.69, 9.17) is 0 Å². The summed E-state index contributed by atoms with van der Waals surface area (Å²) in [7, 11) is 0.